The second kappa shape index (κ2) is 15.2. The lowest BCUT2D eigenvalue weighted by molar-refractivity contribution is -0.112. The van der Waals surface area contributed by atoms with Gasteiger partial charge in [-0.25, -0.2) is 0 Å². The fraction of sp³-hybridized carbons (Fsp3) is 0.600. The zero-order valence-corrected chi connectivity index (χ0v) is 11.2. The van der Waals surface area contributed by atoms with Crippen LogP contribution in [0.15, 0.2) is 10.3 Å². The van der Waals surface area contributed by atoms with Crippen LogP contribution in [0.25, 0.3) is 0 Å². The number of hydrogen-bond acceptors (Lipinski definition) is 8. The van der Waals surface area contributed by atoms with Gasteiger partial charge in [-0.15, -0.1) is 0 Å². The van der Waals surface area contributed by atoms with Gasteiger partial charge in [-0.2, -0.15) is 0 Å². The summed E-state index contributed by atoms with van der Waals surface area (Å²) in [6.45, 7) is 6.77. The minimum atomic E-state index is -0.206. The number of nitrogens with zero attached hydrogens (tertiary/aromatic N) is 2. The molecule has 106 valence electrons. The van der Waals surface area contributed by atoms with Gasteiger partial charge >= 0.3 is 0 Å². The van der Waals surface area contributed by atoms with Gasteiger partial charge in [0, 0.05) is 26.9 Å². The van der Waals surface area contributed by atoms with Crippen LogP contribution >= 0.6 is 0 Å². The Hall–Kier alpha value is -1.80. The molecule has 0 bridgehead atoms. The number of hydrogen-bond donors (Lipinski definition) is 4. The van der Waals surface area contributed by atoms with Gasteiger partial charge in [0.15, 0.2) is 11.6 Å². The van der Waals surface area contributed by atoms with Gasteiger partial charge in [0.05, 0.1) is 0 Å². The smallest absolute Gasteiger partial charge is 0.177 e. The Morgan fingerprint density at radius 3 is 1.06 bits per heavy atom. The Bertz CT molecular complexity index is 270. The van der Waals surface area contributed by atoms with Crippen molar-refractivity contribution in [3.63, 3.8) is 0 Å². The van der Waals surface area contributed by atoms with Crippen molar-refractivity contribution in [2.45, 2.75) is 27.7 Å². The monoisotopic (exact) mass is 262 g/mol. The van der Waals surface area contributed by atoms with E-state index in [1.54, 1.807) is 0 Å². The Morgan fingerprint density at radius 2 is 1.06 bits per heavy atom. The Balaban J connectivity index is -0.000000196. The Morgan fingerprint density at radius 1 is 0.833 bits per heavy atom. The molecule has 0 spiro atoms. The molecule has 0 aliphatic rings. The lowest BCUT2D eigenvalue weighted by Crippen LogP contribution is -2.11. The van der Waals surface area contributed by atoms with Crippen LogP contribution in [-0.4, -0.2) is 46.5 Å². The van der Waals surface area contributed by atoms with Crippen molar-refractivity contribution < 1.29 is 20.0 Å². The van der Waals surface area contributed by atoms with E-state index in [0.717, 1.165) is 0 Å². The van der Waals surface area contributed by atoms with Crippen LogP contribution in [0.5, 0.6) is 0 Å². The van der Waals surface area contributed by atoms with E-state index in [0.29, 0.717) is 13.1 Å². The highest BCUT2D eigenvalue weighted by Gasteiger charge is 1.94. The second-order valence-electron chi connectivity index (χ2n) is 3.06. The first-order valence-electron chi connectivity index (χ1n) is 5.07. The molecule has 0 radical (unpaired) electrons. The van der Waals surface area contributed by atoms with E-state index in [1.165, 1.54) is 27.7 Å². The summed E-state index contributed by atoms with van der Waals surface area (Å²) >= 11 is 0. The third-order valence-electron chi connectivity index (χ3n) is 1.49. The van der Waals surface area contributed by atoms with Crippen molar-refractivity contribution >= 4 is 23.0 Å². The molecular weight excluding hydrogens is 240 g/mol. The number of carbonyl (C=O) groups is 2. The summed E-state index contributed by atoms with van der Waals surface area (Å²) in [6.07, 6.45) is 0. The quantitative estimate of drug-likeness (QED) is 0.313. The minimum Gasteiger partial charge on any atom is -0.411 e. The number of carbonyl (C=O) groups excluding carboxylic acids is 2. The molecule has 0 atom stereocenters. The van der Waals surface area contributed by atoms with E-state index in [4.69, 9.17) is 21.9 Å². The SMILES string of the molecule is CC(=O)C(C)=NO.CC(=O)C(C)=NO.NCCN. The van der Waals surface area contributed by atoms with Crippen LogP contribution in [0, 0.1) is 0 Å². The highest BCUT2D eigenvalue weighted by Crippen LogP contribution is 1.74. The molecule has 8 nitrogen and oxygen atoms in total. The van der Waals surface area contributed by atoms with E-state index >= 15 is 0 Å². The molecule has 0 aromatic rings. The first-order valence-corrected chi connectivity index (χ1v) is 5.07. The normalized spacial score (nSPS) is 10.6. The molecule has 0 saturated heterocycles. The lowest BCUT2D eigenvalue weighted by atomic mass is 10.3. The van der Waals surface area contributed by atoms with E-state index in [-0.39, 0.29) is 23.0 Å². The second-order valence-corrected chi connectivity index (χ2v) is 3.06. The zero-order valence-electron chi connectivity index (χ0n) is 11.2. The van der Waals surface area contributed by atoms with E-state index < -0.39 is 0 Å². The average molecular weight is 262 g/mol. The van der Waals surface area contributed by atoms with Crippen LogP contribution in [0.3, 0.4) is 0 Å². The molecule has 0 amide bonds. The van der Waals surface area contributed by atoms with E-state index in [2.05, 4.69) is 10.3 Å². The van der Waals surface area contributed by atoms with E-state index in [9.17, 15) is 9.59 Å². The van der Waals surface area contributed by atoms with Crippen molar-refractivity contribution in [1.29, 1.82) is 0 Å². The third-order valence-corrected chi connectivity index (χ3v) is 1.49. The van der Waals surface area contributed by atoms with Gasteiger partial charge in [0.1, 0.15) is 11.4 Å². The van der Waals surface area contributed by atoms with Crippen molar-refractivity contribution in [1.82, 2.24) is 0 Å². The van der Waals surface area contributed by atoms with Crippen LogP contribution < -0.4 is 11.5 Å². The Labute approximate surface area is 106 Å². The number of Topliss-reactive ketones (excluding diaryl/α,β-unsaturated/α-hetero) is 2. The molecule has 0 saturated carbocycles. The van der Waals surface area contributed by atoms with Crippen molar-refractivity contribution in [3.05, 3.63) is 0 Å². The third kappa shape index (κ3) is 19.7. The summed E-state index contributed by atoms with van der Waals surface area (Å²) in [6, 6.07) is 0. The summed E-state index contributed by atoms with van der Waals surface area (Å²) in [4.78, 5) is 20.2. The largest absolute Gasteiger partial charge is 0.411 e. The highest BCUT2D eigenvalue weighted by molar-refractivity contribution is 6.38. The maximum Gasteiger partial charge on any atom is 0.177 e. The van der Waals surface area contributed by atoms with Crippen LogP contribution in [0.1, 0.15) is 27.7 Å². The maximum absolute atomic E-state index is 10.1. The molecule has 8 heteroatoms. The molecule has 0 aromatic heterocycles. The van der Waals surface area contributed by atoms with Crippen LogP contribution in [0.4, 0.5) is 0 Å². The van der Waals surface area contributed by atoms with Gasteiger partial charge in [-0.1, -0.05) is 10.3 Å². The van der Waals surface area contributed by atoms with Gasteiger partial charge in [-0.3, -0.25) is 9.59 Å². The average Bonchev–Trinajstić information content (AvgIpc) is 2.37. The van der Waals surface area contributed by atoms with Crippen molar-refractivity contribution in [3.8, 4) is 0 Å². The van der Waals surface area contributed by atoms with Gasteiger partial charge < -0.3 is 21.9 Å². The lowest BCUT2D eigenvalue weighted by Gasteiger charge is -1.82. The molecule has 0 aliphatic heterocycles. The molecule has 0 rings (SSSR count). The predicted octanol–water partition coefficient (Wildman–Crippen LogP) is -0.245. The summed E-state index contributed by atoms with van der Waals surface area (Å²) in [5.74, 6) is -0.412. The van der Waals surface area contributed by atoms with E-state index in [1.807, 2.05) is 0 Å². The molecule has 0 unspecified atom stereocenters. The minimum absolute atomic E-state index is 0.139. The molecule has 0 aromatic carbocycles. The maximum atomic E-state index is 10.1. The Kier molecular flexibility index (Phi) is 18.1. The highest BCUT2D eigenvalue weighted by atomic mass is 16.4. The predicted molar refractivity (Wildman–Crippen MR) is 69.3 cm³/mol. The summed E-state index contributed by atoms with van der Waals surface area (Å²) < 4.78 is 0. The first-order chi connectivity index (χ1) is 8.28. The van der Waals surface area contributed by atoms with Gasteiger partial charge in [0.25, 0.3) is 0 Å². The molecule has 0 aliphatic carbocycles. The number of rotatable bonds is 3. The summed E-state index contributed by atoms with van der Waals surface area (Å²) in [5, 5.41) is 21.1. The van der Waals surface area contributed by atoms with Crippen LogP contribution in [0.2, 0.25) is 0 Å². The molecule has 18 heavy (non-hydrogen) atoms. The number of oxime groups is 2. The fourth-order valence-electron chi connectivity index (χ4n) is 0.141. The summed E-state index contributed by atoms with van der Waals surface area (Å²) in [5.41, 5.74) is 10.1. The molecule has 0 fully saturated rings. The van der Waals surface area contributed by atoms with Crippen molar-refractivity contribution in [2.24, 2.45) is 21.8 Å². The zero-order chi connectivity index (χ0) is 15.1. The standard InChI is InChI=1S/2C4H7NO2.C2H8N2/c2*1-3(5-7)4(2)6;3-1-2-4/h2*7H,1-2H3;1-4H2. The van der Waals surface area contributed by atoms with Crippen molar-refractivity contribution in [2.75, 3.05) is 13.1 Å². The molecular formula is C10H22N4O4. The number of ketones is 2. The topological polar surface area (TPSA) is 151 Å². The van der Waals surface area contributed by atoms with Crippen LogP contribution in [-0.2, 0) is 9.59 Å². The summed E-state index contributed by atoms with van der Waals surface area (Å²) in [7, 11) is 0. The number of nitrogens with two attached hydrogens (primary N) is 2. The first kappa shape index (κ1) is 21.5. The molecule has 6 N–H and O–H groups in total. The fourth-order valence-corrected chi connectivity index (χ4v) is 0.141. The van der Waals surface area contributed by atoms with Gasteiger partial charge in [-0.05, 0) is 13.8 Å². The van der Waals surface area contributed by atoms with Gasteiger partial charge in [0.2, 0.25) is 0 Å². The molecule has 0 heterocycles.